The van der Waals surface area contributed by atoms with Crippen molar-refractivity contribution in [2.45, 2.75) is 44.8 Å². The molecule has 5 nitrogen and oxygen atoms in total. The highest BCUT2D eigenvalue weighted by molar-refractivity contribution is 5.85. The summed E-state index contributed by atoms with van der Waals surface area (Å²) in [6.07, 6.45) is 3.65. The number of halogens is 1. The predicted octanol–water partition coefficient (Wildman–Crippen LogP) is 2.52. The average Bonchev–Trinajstić information content (AvgIpc) is 2.90. The number of rotatable bonds is 7. The van der Waals surface area contributed by atoms with E-state index in [1.807, 2.05) is 31.2 Å². The van der Waals surface area contributed by atoms with Crippen LogP contribution in [0, 0.1) is 5.92 Å². The number of carbonyl (C=O) groups excluding carboxylic acids is 1. The molecule has 1 fully saturated rings. The number of amides is 1. The van der Waals surface area contributed by atoms with Crippen LogP contribution in [0.4, 0.5) is 0 Å². The van der Waals surface area contributed by atoms with Crippen LogP contribution < -0.4 is 20.5 Å². The fraction of sp³-hybridized carbons (Fsp3) is 0.588. The lowest BCUT2D eigenvalue weighted by Crippen LogP contribution is -2.36. The first-order chi connectivity index (χ1) is 10.6. The Bertz CT molecular complexity index is 498. The van der Waals surface area contributed by atoms with E-state index in [0.717, 1.165) is 30.8 Å². The maximum Gasteiger partial charge on any atom is 0.220 e. The maximum absolute atomic E-state index is 12.0. The third kappa shape index (κ3) is 6.28. The second kappa shape index (κ2) is 9.63. The average molecular weight is 343 g/mol. The lowest BCUT2D eigenvalue weighted by Gasteiger charge is -2.18. The highest BCUT2D eigenvalue weighted by Crippen LogP contribution is 2.26. The minimum absolute atomic E-state index is 0. The Kier molecular flexibility index (Phi) is 8.20. The molecule has 0 bridgehead atoms. The van der Waals surface area contributed by atoms with Crippen LogP contribution in [0.2, 0.25) is 0 Å². The van der Waals surface area contributed by atoms with Gasteiger partial charge in [0.1, 0.15) is 17.6 Å². The van der Waals surface area contributed by atoms with Crippen LogP contribution in [0.5, 0.6) is 11.5 Å². The largest absolute Gasteiger partial charge is 0.497 e. The predicted molar refractivity (Wildman–Crippen MR) is 93.3 cm³/mol. The van der Waals surface area contributed by atoms with Crippen LogP contribution in [0.25, 0.3) is 0 Å². The van der Waals surface area contributed by atoms with Crippen LogP contribution in [0.15, 0.2) is 24.3 Å². The van der Waals surface area contributed by atoms with Gasteiger partial charge in [0.25, 0.3) is 0 Å². The summed E-state index contributed by atoms with van der Waals surface area (Å²) in [6.45, 7) is 2.42. The molecular weight excluding hydrogens is 316 g/mol. The van der Waals surface area contributed by atoms with Gasteiger partial charge < -0.3 is 20.5 Å². The third-order valence-electron chi connectivity index (χ3n) is 4.13. The Morgan fingerprint density at radius 3 is 2.78 bits per heavy atom. The standard InChI is InChI=1S/C17H26N2O3.ClH/c1-12(22-15-7-4-6-14(10-15)21-2)11-19-17(20)9-13-5-3-8-16(13)18;/h4,6-7,10,12-13,16H,3,5,8-9,11,18H2,1-2H3,(H,19,20);1H/t12?,13-,16+;/m0./s1. The Morgan fingerprint density at radius 2 is 2.13 bits per heavy atom. The van der Waals surface area contributed by atoms with Crippen molar-refractivity contribution in [2.24, 2.45) is 11.7 Å². The number of hydrogen-bond acceptors (Lipinski definition) is 4. The monoisotopic (exact) mass is 342 g/mol. The van der Waals surface area contributed by atoms with Crippen LogP contribution >= 0.6 is 12.4 Å². The smallest absolute Gasteiger partial charge is 0.220 e. The fourth-order valence-electron chi connectivity index (χ4n) is 2.84. The lowest BCUT2D eigenvalue weighted by atomic mass is 10.00. The van der Waals surface area contributed by atoms with Crippen molar-refractivity contribution in [3.05, 3.63) is 24.3 Å². The zero-order valence-corrected chi connectivity index (χ0v) is 14.6. The summed E-state index contributed by atoms with van der Waals surface area (Å²) in [5, 5.41) is 2.93. The molecule has 2 rings (SSSR count). The van der Waals surface area contributed by atoms with Gasteiger partial charge in [-0.2, -0.15) is 0 Å². The van der Waals surface area contributed by atoms with Gasteiger partial charge in [-0.25, -0.2) is 0 Å². The minimum atomic E-state index is -0.103. The second-order valence-corrected chi connectivity index (χ2v) is 5.97. The Labute approximate surface area is 144 Å². The van der Waals surface area contributed by atoms with Gasteiger partial charge in [-0.05, 0) is 37.8 Å². The Hall–Kier alpha value is -1.46. The second-order valence-electron chi connectivity index (χ2n) is 5.97. The van der Waals surface area contributed by atoms with Gasteiger partial charge in [0, 0.05) is 18.5 Å². The van der Waals surface area contributed by atoms with Gasteiger partial charge in [-0.3, -0.25) is 4.79 Å². The van der Waals surface area contributed by atoms with E-state index >= 15 is 0 Å². The number of hydrogen-bond donors (Lipinski definition) is 2. The van der Waals surface area contributed by atoms with Gasteiger partial charge in [-0.15, -0.1) is 12.4 Å². The Balaban J connectivity index is 0.00000264. The number of ether oxygens (including phenoxy) is 2. The molecular formula is C17H27ClN2O3. The molecule has 1 aromatic carbocycles. The van der Waals surface area contributed by atoms with E-state index in [-0.39, 0.29) is 30.5 Å². The van der Waals surface area contributed by atoms with E-state index in [1.54, 1.807) is 7.11 Å². The van der Waals surface area contributed by atoms with Gasteiger partial charge in [0.15, 0.2) is 0 Å². The molecule has 1 aromatic rings. The molecule has 1 saturated carbocycles. The number of methoxy groups -OCH3 is 1. The van der Waals surface area contributed by atoms with E-state index in [2.05, 4.69) is 5.32 Å². The first-order valence-electron chi connectivity index (χ1n) is 7.91. The summed E-state index contributed by atoms with van der Waals surface area (Å²) in [6, 6.07) is 7.62. The lowest BCUT2D eigenvalue weighted by molar-refractivity contribution is -0.122. The topological polar surface area (TPSA) is 73.6 Å². The molecule has 0 saturated heterocycles. The van der Waals surface area contributed by atoms with Gasteiger partial charge >= 0.3 is 0 Å². The van der Waals surface area contributed by atoms with E-state index in [0.29, 0.717) is 18.9 Å². The van der Waals surface area contributed by atoms with Gasteiger partial charge in [-0.1, -0.05) is 12.5 Å². The number of benzene rings is 1. The van der Waals surface area contributed by atoms with E-state index in [4.69, 9.17) is 15.2 Å². The summed E-state index contributed by atoms with van der Waals surface area (Å²) in [5.74, 6) is 1.88. The molecule has 0 radical (unpaired) electrons. The summed E-state index contributed by atoms with van der Waals surface area (Å²) >= 11 is 0. The molecule has 1 amide bonds. The molecule has 3 atom stereocenters. The normalized spacial score (nSPS) is 21.2. The van der Waals surface area contributed by atoms with Crippen LogP contribution in [-0.2, 0) is 4.79 Å². The summed E-state index contributed by atoms with van der Waals surface area (Å²) < 4.78 is 10.9. The highest BCUT2D eigenvalue weighted by Gasteiger charge is 2.26. The zero-order chi connectivity index (χ0) is 15.9. The van der Waals surface area contributed by atoms with Crippen molar-refractivity contribution < 1.29 is 14.3 Å². The molecule has 3 N–H and O–H groups in total. The molecule has 0 aliphatic heterocycles. The molecule has 0 heterocycles. The molecule has 130 valence electrons. The quantitative estimate of drug-likeness (QED) is 0.798. The van der Waals surface area contributed by atoms with Crippen molar-refractivity contribution in [3.63, 3.8) is 0 Å². The van der Waals surface area contributed by atoms with Crippen molar-refractivity contribution >= 4 is 18.3 Å². The zero-order valence-electron chi connectivity index (χ0n) is 13.8. The van der Waals surface area contributed by atoms with Crippen LogP contribution in [0.3, 0.4) is 0 Å². The molecule has 1 aliphatic carbocycles. The molecule has 0 aromatic heterocycles. The number of nitrogens with two attached hydrogens (primary N) is 1. The van der Waals surface area contributed by atoms with Crippen LogP contribution in [0.1, 0.15) is 32.6 Å². The number of carbonyl (C=O) groups is 1. The first-order valence-corrected chi connectivity index (χ1v) is 7.91. The van der Waals surface area contributed by atoms with Crippen LogP contribution in [-0.4, -0.2) is 31.7 Å². The third-order valence-corrected chi connectivity index (χ3v) is 4.13. The SMILES string of the molecule is COc1cccc(OC(C)CNC(=O)C[C@@H]2CCC[C@H]2N)c1.Cl. The van der Waals surface area contributed by atoms with Crippen molar-refractivity contribution in [1.29, 1.82) is 0 Å². The van der Waals surface area contributed by atoms with Crippen molar-refractivity contribution in [2.75, 3.05) is 13.7 Å². The summed E-state index contributed by atoms with van der Waals surface area (Å²) in [7, 11) is 1.62. The summed E-state index contributed by atoms with van der Waals surface area (Å²) in [4.78, 5) is 12.0. The van der Waals surface area contributed by atoms with Crippen molar-refractivity contribution in [1.82, 2.24) is 5.32 Å². The van der Waals surface area contributed by atoms with Gasteiger partial charge in [0.2, 0.25) is 5.91 Å². The molecule has 1 unspecified atom stereocenters. The van der Waals surface area contributed by atoms with E-state index in [1.165, 1.54) is 0 Å². The number of nitrogens with one attached hydrogen (secondary N) is 1. The molecule has 1 aliphatic rings. The fourth-order valence-corrected chi connectivity index (χ4v) is 2.84. The maximum atomic E-state index is 12.0. The Morgan fingerprint density at radius 1 is 1.39 bits per heavy atom. The van der Waals surface area contributed by atoms with E-state index < -0.39 is 0 Å². The van der Waals surface area contributed by atoms with Crippen molar-refractivity contribution in [3.8, 4) is 11.5 Å². The first kappa shape index (κ1) is 19.6. The molecule has 23 heavy (non-hydrogen) atoms. The van der Waals surface area contributed by atoms with Gasteiger partial charge in [0.05, 0.1) is 13.7 Å². The molecule has 0 spiro atoms. The molecule has 6 heteroatoms. The highest BCUT2D eigenvalue weighted by atomic mass is 35.5. The minimum Gasteiger partial charge on any atom is -0.497 e. The summed E-state index contributed by atoms with van der Waals surface area (Å²) in [5.41, 5.74) is 6.00. The van der Waals surface area contributed by atoms with E-state index in [9.17, 15) is 4.79 Å².